The highest BCUT2D eigenvalue weighted by atomic mass is 16.5. The number of nitrogens with one attached hydrogen (secondary N) is 2. The zero-order valence-corrected chi connectivity index (χ0v) is 11.9. The molecular formula is C15H24N2O2+2. The molecule has 2 N–H and O–H groups in total. The van der Waals surface area contributed by atoms with Gasteiger partial charge in [0.25, 0.3) is 0 Å². The van der Waals surface area contributed by atoms with Crippen molar-refractivity contribution in [2.24, 2.45) is 0 Å². The summed E-state index contributed by atoms with van der Waals surface area (Å²) in [5.74, 6) is 0.945. The molecule has 0 radical (unpaired) electrons. The Balaban J connectivity index is 1.72. The van der Waals surface area contributed by atoms with E-state index in [1.807, 2.05) is 24.3 Å². The lowest BCUT2D eigenvalue weighted by atomic mass is 10.1. The number of Topliss-reactive ketones (excluding diaryl/α,β-unsaturated/α-hetero) is 1. The third kappa shape index (κ3) is 4.33. The van der Waals surface area contributed by atoms with E-state index in [0.717, 1.165) is 24.5 Å². The van der Waals surface area contributed by atoms with Crippen molar-refractivity contribution in [2.75, 3.05) is 46.4 Å². The van der Waals surface area contributed by atoms with Crippen LogP contribution < -0.4 is 14.5 Å². The minimum Gasteiger partial charge on any atom is -0.488 e. The third-order valence-electron chi connectivity index (χ3n) is 3.80. The number of quaternary nitrogens is 2. The number of benzene rings is 1. The van der Waals surface area contributed by atoms with Gasteiger partial charge in [-0.05, 0) is 31.2 Å². The summed E-state index contributed by atoms with van der Waals surface area (Å²) in [6.45, 7) is 8.35. The van der Waals surface area contributed by atoms with Gasteiger partial charge in [-0.25, -0.2) is 0 Å². The summed E-state index contributed by atoms with van der Waals surface area (Å²) in [6, 6.07) is 7.40. The highest BCUT2D eigenvalue weighted by Crippen LogP contribution is 2.11. The molecule has 0 amide bonds. The van der Waals surface area contributed by atoms with Crippen molar-refractivity contribution >= 4 is 5.78 Å². The molecule has 1 heterocycles. The maximum absolute atomic E-state index is 11.2. The van der Waals surface area contributed by atoms with Gasteiger partial charge in [0.1, 0.15) is 45.1 Å². The van der Waals surface area contributed by atoms with E-state index >= 15 is 0 Å². The second-order valence-corrected chi connectivity index (χ2v) is 5.39. The molecule has 1 saturated heterocycles. The summed E-state index contributed by atoms with van der Waals surface area (Å²) >= 11 is 0. The molecule has 4 heteroatoms. The zero-order chi connectivity index (χ0) is 13.7. The van der Waals surface area contributed by atoms with Crippen molar-refractivity contribution in [1.82, 2.24) is 0 Å². The van der Waals surface area contributed by atoms with E-state index in [2.05, 4.69) is 7.05 Å². The Morgan fingerprint density at radius 3 is 2.37 bits per heavy atom. The van der Waals surface area contributed by atoms with Crippen molar-refractivity contribution in [2.45, 2.75) is 6.92 Å². The average molecular weight is 264 g/mol. The van der Waals surface area contributed by atoms with Crippen LogP contribution in [0.25, 0.3) is 0 Å². The van der Waals surface area contributed by atoms with Crippen molar-refractivity contribution in [3.05, 3.63) is 29.8 Å². The van der Waals surface area contributed by atoms with Gasteiger partial charge in [0.15, 0.2) is 5.78 Å². The van der Waals surface area contributed by atoms with Crippen LogP contribution in [0.1, 0.15) is 17.3 Å². The lowest BCUT2D eigenvalue weighted by Gasteiger charge is -2.27. The minimum atomic E-state index is 0.0935. The normalized spacial score (nSPS) is 23.1. The van der Waals surface area contributed by atoms with E-state index < -0.39 is 0 Å². The summed E-state index contributed by atoms with van der Waals surface area (Å²) < 4.78 is 5.73. The summed E-state index contributed by atoms with van der Waals surface area (Å²) in [5.41, 5.74) is 0.736. The van der Waals surface area contributed by atoms with Crippen LogP contribution in [0.3, 0.4) is 0 Å². The van der Waals surface area contributed by atoms with E-state index in [4.69, 9.17) is 4.74 Å². The maximum Gasteiger partial charge on any atom is 0.159 e. The second-order valence-electron chi connectivity index (χ2n) is 5.39. The number of carbonyl (C=O) groups is 1. The fraction of sp³-hybridized carbons (Fsp3) is 0.533. The Morgan fingerprint density at radius 1 is 1.16 bits per heavy atom. The van der Waals surface area contributed by atoms with Gasteiger partial charge in [-0.1, -0.05) is 0 Å². The first-order valence-corrected chi connectivity index (χ1v) is 7.04. The molecule has 1 fully saturated rings. The predicted octanol–water partition coefficient (Wildman–Crippen LogP) is -1.32. The van der Waals surface area contributed by atoms with Gasteiger partial charge in [0.05, 0.1) is 7.05 Å². The quantitative estimate of drug-likeness (QED) is 0.647. The molecule has 1 aromatic rings. The first-order valence-electron chi connectivity index (χ1n) is 7.04. The fourth-order valence-electron chi connectivity index (χ4n) is 2.38. The Kier molecular flexibility index (Phi) is 4.93. The highest BCUT2D eigenvalue weighted by molar-refractivity contribution is 5.94. The monoisotopic (exact) mass is 264 g/mol. The van der Waals surface area contributed by atoms with Gasteiger partial charge in [-0.2, -0.15) is 0 Å². The minimum absolute atomic E-state index is 0.0935. The SMILES string of the molecule is CC(=O)c1ccc(OCC[NH+]2CC[NH+](C)CC2)cc1. The van der Waals surface area contributed by atoms with Crippen molar-refractivity contribution in [3.8, 4) is 5.75 Å². The van der Waals surface area contributed by atoms with E-state index in [9.17, 15) is 4.79 Å². The Bertz CT molecular complexity index is 409. The van der Waals surface area contributed by atoms with Crippen molar-refractivity contribution < 1.29 is 19.3 Å². The number of likely N-dealkylation sites (N-methyl/N-ethyl adjacent to an activating group) is 1. The Labute approximate surface area is 115 Å². The van der Waals surface area contributed by atoms with E-state index in [1.165, 1.54) is 26.2 Å². The molecule has 1 aromatic carbocycles. The first kappa shape index (κ1) is 14.0. The smallest absolute Gasteiger partial charge is 0.159 e. The second kappa shape index (κ2) is 6.68. The summed E-state index contributed by atoms with van der Waals surface area (Å²) in [6.07, 6.45) is 0. The number of carbonyl (C=O) groups excluding carboxylic acids is 1. The van der Waals surface area contributed by atoms with Gasteiger partial charge in [0.2, 0.25) is 0 Å². The van der Waals surface area contributed by atoms with Crippen LogP contribution in [0.15, 0.2) is 24.3 Å². The number of rotatable bonds is 5. The molecule has 1 aliphatic rings. The van der Waals surface area contributed by atoms with Gasteiger partial charge < -0.3 is 14.5 Å². The van der Waals surface area contributed by atoms with Gasteiger partial charge in [0, 0.05) is 5.56 Å². The van der Waals surface area contributed by atoms with Crippen LogP contribution in [0.4, 0.5) is 0 Å². The van der Waals surface area contributed by atoms with E-state index in [1.54, 1.807) is 16.7 Å². The van der Waals surface area contributed by atoms with Crippen molar-refractivity contribution in [3.63, 3.8) is 0 Å². The molecule has 104 valence electrons. The van der Waals surface area contributed by atoms with Crippen LogP contribution in [0, 0.1) is 0 Å². The molecule has 4 nitrogen and oxygen atoms in total. The topological polar surface area (TPSA) is 35.2 Å². The Hall–Kier alpha value is -1.39. The number of hydrogen-bond acceptors (Lipinski definition) is 2. The van der Waals surface area contributed by atoms with Crippen molar-refractivity contribution in [1.29, 1.82) is 0 Å². The molecule has 0 unspecified atom stereocenters. The molecule has 19 heavy (non-hydrogen) atoms. The van der Waals surface area contributed by atoms with Crippen LogP contribution in [0.2, 0.25) is 0 Å². The van der Waals surface area contributed by atoms with Crippen LogP contribution >= 0.6 is 0 Å². The molecular weight excluding hydrogens is 240 g/mol. The van der Waals surface area contributed by atoms with Crippen LogP contribution in [0.5, 0.6) is 5.75 Å². The van der Waals surface area contributed by atoms with Crippen LogP contribution in [-0.4, -0.2) is 52.2 Å². The molecule has 0 aliphatic carbocycles. The molecule has 0 atom stereocenters. The lowest BCUT2D eigenvalue weighted by molar-refractivity contribution is -1.00. The van der Waals surface area contributed by atoms with Gasteiger partial charge >= 0.3 is 0 Å². The van der Waals surface area contributed by atoms with E-state index in [-0.39, 0.29) is 5.78 Å². The number of ketones is 1. The van der Waals surface area contributed by atoms with E-state index in [0.29, 0.717) is 0 Å². The maximum atomic E-state index is 11.2. The van der Waals surface area contributed by atoms with Gasteiger partial charge in [-0.15, -0.1) is 0 Å². The molecule has 2 rings (SSSR count). The summed E-state index contributed by atoms with van der Waals surface area (Å²) in [4.78, 5) is 14.4. The standard InChI is InChI=1S/C15H22N2O2/c1-13(18)14-3-5-15(6-4-14)19-12-11-17-9-7-16(2)8-10-17/h3-6H,7-12H2,1-2H3/p+2. The number of piperazine rings is 1. The molecule has 1 aliphatic heterocycles. The molecule has 0 bridgehead atoms. The molecule has 0 spiro atoms. The van der Waals surface area contributed by atoms with Crippen LogP contribution in [-0.2, 0) is 0 Å². The molecule has 0 aromatic heterocycles. The number of hydrogen-bond donors (Lipinski definition) is 2. The summed E-state index contributed by atoms with van der Waals surface area (Å²) in [7, 11) is 2.25. The average Bonchev–Trinajstić information content (AvgIpc) is 2.41. The predicted molar refractivity (Wildman–Crippen MR) is 74.1 cm³/mol. The number of ether oxygens (including phenoxy) is 1. The highest BCUT2D eigenvalue weighted by Gasteiger charge is 2.19. The summed E-state index contributed by atoms with van der Waals surface area (Å²) in [5, 5.41) is 0. The third-order valence-corrected chi connectivity index (χ3v) is 3.80. The van der Waals surface area contributed by atoms with Gasteiger partial charge in [-0.3, -0.25) is 4.79 Å². The molecule has 0 saturated carbocycles. The fourth-order valence-corrected chi connectivity index (χ4v) is 2.38. The lowest BCUT2D eigenvalue weighted by Crippen LogP contribution is -3.27. The zero-order valence-electron chi connectivity index (χ0n) is 11.9. The first-order chi connectivity index (χ1) is 9.15. The largest absolute Gasteiger partial charge is 0.488 e. The Morgan fingerprint density at radius 2 is 1.79 bits per heavy atom.